The van der Waals surface area contributed by atoms with Crippen LogP contribution in [0.2, 0.25) is 0 Å². The van der Waals surface area contributed by atoms with Gasteiger partial charge in [-0.2, -0.15) is 12.6 Å². The van der Waals surface area contributed by atoms with Crippen molar-refractivity contribution in [1.29, 1.82) is 0 Å². The lowest BCUT2D eigenvalue weighted by atomic mass is 9.83. The van der Waals surface area contributed by atoms with Gasteiger partial charge in [0.1, 0.15) is 0 Å². The van der Waals surface area contributed by atoms with Crippen molar-refractivity contribution in [2.24, 2.45) is 0 Å². The molecule has 1 N–H and O–H groups in total. The second-order valence-electron chi connectivity index (χ2n) is 4.90. The van der Waals surface area contributed by atoms with Gasteiger partial charge in [0.25, 0.3) is 0 Å². The number of hydrogen-bond donors (Lipinski definition) is 2. The molecule has 0 radical (unpaired) electrons. The molecule has 1 unspecified atom stereocenters. The number of carbonyl (C=O) groups excluding carboxylic acids is 1. The summed E-state index contributed by atoms with van der Waals surface area (Å²) in [5, 5.41) is 1.91. The lowest BCUT2D eigenvalue weighted by molar-refractivity contribution is -0.132. The molecule has 1 saturated heterocycles. The van der Waals surface area contributed by atoms with Gasteiger partial charge in [-0.15, -0.1) is 0 Å². The molecule has 5 heteroatoms. The van der Waals surface area contributed by atoms with Crippen LogP contribution >= 0.6 is 12.6 Å². The molecule has 1 atom stereocenters. The average molecular weight is 280 g/mol. The number of carbonyl (C=O) groups is 1. The number of thiol groups is 1. The van der Waals surface area contributed by atoms with Gasteiger partial charge in [0.2, 0.25) is 5.91 Å². The fourth-order valence-electron chi connectivity index (χ4n) is 2.04. The number of morpholine rings is 1. The molecule has 0 bridgehead atoms. The molecule has 1 amide bonds. The van der Waals surface area contributed by atoms with E-state index in [1.807, 2.05) is 42.3 Å². The maximum absolute atomic E-state index is 12.5. The van der Waals surface area contributed by atoms with E-state index in [0.29, 0.717) is 19.0 Å². The van der Waals surface area contributed by atoms with Gasteiger partial charge in [0.15, 0.2) is 0 Å². The van der Waals surface area contributed by atoms with E-state index in [1.54, 1.807) is 0 Å². The smallest absolute Gasteiger partial charge is 0.245 e. The molecule has 19 heavy (non-hydrogen) atoms. The molecular weight excluding hydrogens is 260 g/mol. The van der Waals surface area contributed by atoms with Crippen molar-refractivity contribution in [3.8, 4) is 0 Å². The first-order chi connectivity index (χ1) is 9.16. The third-order valence-corrected chi connectivity index (χ3v) is 4.13. The lowest BCUT2D eigenvalue weighted by Gasteiger charge is -2.33. The number of hydrogen-bond acceptors (Lipinski definition) is 4. The van der Waals surface area contributed by atoms with Gasteiger partial charge >= 0.3 is 0 Å². The normalized spacial score (nSPS) is 19.7. The zero-order valence-electron chi connectivity index (χ0n) is 11.1. The molecule has 1 fully saturated rings. The van der Waals surface area contributed by atoms with E-state index < -0.39 is 5.41 Å². The number of nitrogens with zero attached hydrogens (tertiary/aromatic N) is 1. The predicted molar refractivity (Wildman–Crippen MR) is 78.2 cm³/mol. The van der Waals surface area contributed by atoms with Crippen molar-refractivity contribution in [2.75, 3.05) is 32.1 Å². The number of hydrazine groups is 1. The van der Waals surface area contributed by atoms with E-state index in [4.69, 9.17) is 4.74 Å². The highest BCUT2D eigenvalue weighted by molar-refractivity contribution is 7.80. The summed E-state index contributed by atoms with van der Waals surface area (Å²) >= 11 is 4.37. The van der Waals surface area contributed by atoms with Gasteiger partial charge in [0.05, 0.1) is 18.6 Å². The minimum Gasteiger partial charge on any atom is -0.379 e. The first kappa shape index (κ1) is 14.4. The predicted octanol–water partition coefficient (Wildman–Crippen LogP) is 1.24. The third-order valence-electron chi connectivity index (χ3n) is 3.50. The van der Waals surface area contributed by atoms with Crippen molar-refractivity contribution >= 4 is 18.5 Å². The number of ether oxygens (including phenoxy) is 1. The molecule has 1 aliphatic heterocycles. The average Bonchev–Trinajstić information content (AvgIpc) is 2.48. The summed E-state index contributed by atoms with van der Waals surface area (Å²) in [7, 11) is 0. The molecule has 104 valence electrons. The zero-order chi connectivity index (χ0) is 13.7. The van der Waals surface area contributed by atoms with Gasteiger partial charge in [-0.3, -0.25) is 10.2 Å². The van der Waals surface area contributed by atoms with Crippen molar-refractivity contribution in [2.45, 2.75) is 12.3 Å². The summed E-state index contributed by atoms with van der Waals surface area (Å²) < 4.78 is 5.27. The van der Waals surface area contributed by atoms with E-state index in [2.05, 4.69) is 18.1 Å². The Morgan fingerprint density at radius 1 is 1.37 bits per heavy atom. The van der Waals surface area contributed by atoms with Crippen molar-refractivity contribution in [3.05, 3.63) is 35.9 Å². The van der Waals surface area contributed by atoms with Crippen LogP contribution in [0.3, 0.4) is 0 Å². The van der Waals surface area contributed by atoms with Crippen LogP contribution in [0.4, 0.5) is 0 Å². The van der Waals surface area contributed by atoms with Gasteiger partial charge in [0, 0.05) is 18.8 Å². The first-order valence-electron chi connectivity index (χ1n) is 6.47. The highest BCUT2D eigenvalue weighted by atomic mass is 32.1. The lowest BCUT2D eigenvalue weighted by Crippen LogP contribution is -2.54. The standard InChI is InChI=1S/C14H20N2O2S/c1-14(11-19,12-5-3-2-4-6-12)13(17)15-16-7-9-18-10-8-16/h2-6,19H,7-11H2,1H3,(H,15,17). The molecule has 0 saturated carbocycles. The maximum atomic E-state index is 12.5. The van der Waals surface area contributed by atoms with Gasteiger partial charge in [-0.05, 0) is 12.5 Å². The molecule has 2 rings (SSSR count). The minimum atomic E-state index is -0.622. The molecule has 1 heterocycles. The maximum Gasteiger partial charge on any atom is 0.245 e. The molecule has 0 aliphatic carbocycles. The van der Waals surface area contributed by atoms with E-state index >= 15 is 0 Å². The summed E-state index contributed by atoms with van der Waals surface area (Å²) in [6, 6.07) is 9.77. The van der Waals surface area contributed by atoms with Crippen molar-refractivity contribution < 1.29 is 9.53 Å². The van der Waals surface area contributed by atoms with E-state index in [0.717, 1.165) is 18.7 Å². The summed E-state index contributed by atoms with van der Waals surface area (Å²) in [5.41, 5.74) is 3.33. The topological polar surface area (TPSA) is 41.6 Å². The van der Waals surface area contributed by atoms with Crippen LogP contribution in [0.15, 0.2) is 30.3 Å². The Hall–Kier alpha value is -1.04. The highest BCUT2D eigenvalue weighted by Crippen LogP contribution is 2.25. The van der Waals surface area contributed by atoms with Gasteiger partial charge in [-0.25, -0.2) is 5.01 Å². The molecule has 1 aliphatic rings. The summed E-state index contributed by atoms with van der Waals surface area (Å²) in [5.74, 6) is 0.448. The molecule has 0 aromatic heterocycles. The summed E-state index contributed by atoms with van der Waals surface area (Å²) in [6.45, 7) is 4.68. The fourth-order valence-corrected chi connectivity index (χ4v) is 2.37. The zero-order valence-corrected chi connectivity index (χ0v) is 12.0. The minimum absolute atomic E-state index is 0.0180. The fraction of sp³-hybridized carbons (Fsp3) is 0.500. The van der Waals surface area contributed by atoms with Gasteiger partial charge < -0.3 is 4.74 Å². The molecule has 1 aromatic carbocycles. The van der Waals surface area contributed by atoms with E-state index in [1.165, 1.54) is 0 Å². The number of rotatable bonds is 4. The number of benzene rings is 1. The van der Waals surface area contributed by atoms with Crippen LogP contribution in [0.25, 0.3) is 0 Å². The Bertz CT molecular complexity index is 421. The summed E-state index contributed by atoms with van der Waals surface area (Å²) in [4.78, 5) is 12.5. The van der Waals surface area contributed by atoms with Crippen LogP contribution < -0.4 is 5.43 Å². The Balaban J connectivity index is 2.09. The van der Waals surface area contributed by atoms with Crippen molar-refractivity contribution in [1.82, 2.24) is 10.4 Å². The number of nitrogens with one attached hydrogen (secondary N) is 1. The van der Waals surface area contributed by atoms with Crippen LogP contribution in [-0.4, -0.2) is 43.0 Å². The monoisotopic (exact) mass is 280 g/mol. The van der Waals surface area contributed by atoms with Crippen LogP contribution in [-0.2, 0) is 14.9 Å². The highest BCUT2D eigenvalue weighted by Gasteiger charge is 2.34. The molecule has 1 aromatic rings. The van der Waals surface area contributed by atoms with E-state index in [-0.39, 0.29) is 5.91 Å². The molecular formula is C14H20N2O2S. The largest absolute Gasteiger partial charge is 0.379 e. The Labute approximate surface area is 119 Å². The van der Waals surface area contributed by atoms with Crippen LogP contribution in [0.5, 0.6) is 0 Å². The Kier molecular flexibility index (Phi) is 4.85. The first-order valence-corrected chi connectivity index (χ1v) is 7.10. The van der Waals surface area contributed by atoms with Crippen LogP contribution in [0, 0.1) is 0 Å². The molecule has 4 nitrogen and oxygen atoms in total. The van der Waals surface area contributed by atoms with Gasteiger partial charge in [-0.1, -0.05) is 30.3 Å². The van der Waals surface area contributed by atoms with Crippen molar-refractivity contribution in [3.63, 3.8) is 0 Å². The second kappa shape index (κ2) is 6.41. The SMILES string of the molecule is CC(CS)(C(=O)NN1CCOCC1)c1ccccc1. The molecule has 0 spiro atoms. The Morgan fingerprint density at radius 2 is 2.00 bits per heavy atom. The quantitative estimate of drug-likeness (QED) is 0.815. The number of amides is 1. The second-order valence-corrected chi connectivity index (χ2v) is 5.21. The van der Waals surface area contributed by atoms with Crippen LogP contribution in [0.1, 0.15) is 12.5 Å². The summed E-state index contributed by atoms with van der Waals surface area (Å²) in [6.07, 6.45) is 0. The Morgan fingerprint density at radius 3 is 2.58 bits per heavy atom. The van der Waals surface area contributed by atoms with E-state index in [9.17, 15) is 4.79 Å². The third kappa shape index (κ3) is 3.29.